The lowest BCUT2D eigenvalue weighted by Crippen LogP contribution is -2.41. The third-order valence-electron chi connectivity index (χ3n) is 5.06. The quantitative estimate of drug-likeness (QED) is 0.910. The molecule has 2 fully saturated rings. The molecule has 4 rings (SSSR count). The van der Waals surface area contributed by atoms with Crippen molar-refractivity contribution in [3.8, 4) is 0 Å². The number of hydrogen-bond acceptors (Lipinski definition) is 5. The van der Waals surface area contributed by atoms with E-state index in [-0.39, 0.29) is 17.8 Å². The molecular formula is C19H21FN4O2. The molecule has 0 saturated carbocycles. The van der Waals surface area contributed by atoms with E-state index < -0.39 is 6.10 Å². The summed E-state index contributed by atoms with van der Waals surface area (Å²) in [6, 6.07) is 6.60. The molecule has 3 heterocycles. The fraction of sp³-hybridized carbons (Fsp3) is 0.421. The standard InChI is InChI=1S/C19H21FN4O2/c20-15-3-1-13(2-4-15)11-24-8-5-14-9-16(26-17(14)12-24)19(25)23-18-10-21-6-7-22-18/h1-4,6-7,10,14,16-17H,5,8-9,11-12H2,(H,22,23,25)/t14-,16+,17+/m1/s1. The van der Waals surface area contributed by atoms with Gasteiger partial charge in [-0.2, -0.15) is 0 Å². The number of rotatable bonds is 4. The first-order valence-electron chi connectivity index (χ1n) is 8.86. The smallest absolute Gasteiger partial charge is 0.254 e. The van der Waals surface area contributed by atoms with Gasteiger partial charge >= 0.3 is 0 Å². The van der Waals surface area contributed by atoms with Gasteiger partial charge in [0.15, 0.2) is 5.82 Å². The Morgan fingerprint density at radius 1 is 1.31 bits per heavy atom. The van der Waals surface area contributed by atoms with Crippen molar-refractivity contribution in [3.63, 3.8) is 0 Å². The molecule has 26 heavy (non-hydrogen) atoms. The lowest BCUT2D eigenvalue weighted by molar-refractivity contribution is -0.127. The highest BCUT2D eigenvalue weighted by molar-refractivity contribution is 5.93. The maximum Gasteiger partial charge on any atom is 0.254 e. The van der Waals surface area contributed by atoms with Gasteiger partial charge < -0.3 is 10.1 Å². The zero-order chi connectivity index (χ0) is 17.9. The number of hydrogen-bond donors (Lipinski definition) is 1. The van der Waals surface area contributed by atoms with Crippen LogP contribution in [0.25, 0.3) is 0 Å². The first-order chi connectivity index (χ1) is 12.7. The van der Waals surface area contributed by atoms with Crippen molar-refractivity contribution in [3.05, 3.63) is 54.2 Å². The molecular weight excluding hydrogens is 335 g/mol. The molecule has 1 aromatic heterocycles. The number of piperidine rings is 1. The number of amides is 1. The summed E-state index contributed by atoms with van der Waals surface area (Å²) in [5.74, 6) is 0.458. The van der Waals surface area contributed by atoms with E-state index in [0.29, 0.717) is 11.7 Å². The number of ether oxygens (including phenoxy) is 1. The number of carbonyl (C=O) groups is 1. The molecule has 6 nitrogen and oxygen atoms in total. The lowest BCUT2D eigenvalue weighted by Gasteiger charge is -2.34. The molecule has 1 N–H and O–H groups in total. The second kappa shape index (κ2) is 7.47. The van der Waals surface area contributed by atoms with Gasteiger partial charge in [0.25, 0.3) is 5.91 Å². The van der Waals surface area contributed by atoms with Gasteiger partial charge in [-0.15, -0.1) is 0 Å². The van der Waals surface area contributed by atoms with Gasteiger partial charge in [-0.05, 0) is 43.0 Å². The van der Waals surface area contributed by atoms with Crippen molar-refractivity contribution in [1.29, 1.82) is 0 Å². The minimum Gasteiger partial charge on any atom is -0.364 e. The Morgan fingerprint density at radius 3 is 2.92 bits per heavy atom. The van der Waals surface area contributed by atoms with Crippen LogP contribution < -0.4 is 5.32 Å². The van der Waals surface area contributed by atoms with Crippen molar-refractivity contribution in [2.24, 2.45) is 5.92 Å². The van der Waals surface area contributed by atoms with E-state index in [1.165, 1.54) is 24.5 Å². The van der Waals surface area contributed by atoms with Crippen molar-refractivity contribution in [1.82, 2.24) is 14.9 Å². The fourth-order valence-electron chi connectivity index (χ4n) is 3.73. The number of anilines is 1. The molecule has 1 aromatic carbocycles. The molecule has 2 aromatic rings. The number of halogens is 1. The van der Waals surface area contributed by atoms with E-state index in [9.17, 15) is 9.18 Å². The number of nitrogens with zero attached hydrogens (tertiary/aromatic N) is 3. The fourth-order valence-corrected chi connectivity index (χ4v) is 3.73. The predicted octanol–water partition coefficient (Wildman–Crippen LogP) is 2.23. The first kappa shape index (κ1) is 17.1. The van der Waals surface area contributed by atoms with Gasteiger partial charge in [0.2, 0.25) is 0 Å². The third kappa shape index (κ3) is 3.89. The number of aromatic nitrogens is 2. The first-order valence-corrected chi connectivity index (χ1v) is 8.86. The minimum absolute atomic E-state index is 0.0572. The van der Waals surface area contributed by atoms with E-state index in [4.69, 9.17) is 4.74 Å². The summed E-state index contributed by atoms with van der Waals surface area (Å²) >= 11 is 0. The number of carbonyl (C=O) groups excluding carboxylic acids is 1. The van der Waals surface area contributed by atoms with Gasteiger partial charge in [-0.3, -0.25) is 14.7 Å². The van der Waals surface area contributed by atoms with Crippen LogP contribution in [0.1, 0.15) is 18.4 Å². The Kier molecular flexibility index (Phi) is 4.90. The second-order valence-electron chi connectivity index (χ2n) is 6.89. The number of fused-ring (bicyclic) bond motifs is 1. The lowest BCUT2D eigenvalue weighted by atomic mass is 9.91. The normalized spacial score (nSPS) is 25.7. The Balaban J connectivity index is 1.32. The van der Waals surface area contributed by atoms with E-state index in [1.54, 1.807) is 6.20 Å². The molecule has 0 bridgehead atoms. The van der Waals surface area contributed by atoms with Crippen LogP contribution >= 0.6 is 0 Å². The minimum atomic E-state index is -0.447. The Bertz CT molecular complexity index is 756. The molecule has 2 aliphatic rings. The van der Waals surface area contributed by atoms with Crippen LogP contribution in [0.4, 0.5) is 10.2 Å². The summed E-state index contributed by atoms with van der Waals surface area (Å²) in [5, 5.41) is 2.76. The predicted molar refractivity (Wildman–Crippen MR) is 93.7 cm³/mol. The number of nitrogens with one attached hydrogen (secondary N) is 1. The van der Waals surface area contributed by atoms with Crippen molar-refractivity contribution in [2.75, 3.05) is 18.4 Å². The van der Waals surface area contributed by atoms with Crippen molar-refractivity contribution in [2.45, 2.75) is 31.6 Å². The second-order valence-corrected chi connectivity index (χ2v) is 6.89. The summed E-state index contributed by atoms with van der Waals surface area (Å²) < 4.78 is 19.1. The van der Waals surface area contributed by atoms with Crippen molar-refractivity contribution >= 4 is 11.7 Å². The largest absolute Gasteiger partial charge is 0.364 e. The molecule has 0 radical (unpaired) electrons. The topological polar surface area (TPSA) is 67.4 Å². The van der Waals surface area contributed by atoms with E-state index in [0.717, 1.165) is 38.0 Å². The SMILES string of the molecule is O=C(Nc1cnccn1)[C@@H]1C[C@H]2CCN(Cc3ccc(F)cc3)C[C@@H]2O1. The van der Waals surface area contributed by atoms with Crippen LogP contribution in [-0.2, 0) is 16.1 Å². The number of likely N-dealkylation sites (tertiary alicyclic amines) is 1. The molecule has 0 aliphatic carbocycles. The van der Waals surface area contributed by atoms with Gasteiger partial charge in [-0.1, -0.05) is 12.1 Å². The van der Waals surface area contributed by atoms with Crippen LogP contribution in [0, 0.1) is 11.7 Å². The van der Waals surface area contributed by atoms with Crippen LogP contribution in [0.3, 0.4) is 0 Å². The molecule has 3 atom stereocenters. The molecule has 7 heteroatoms. The molecule has 0 unspecified atom stereocenters. The molecule has 0 spiro atoms. The molecule has 136 valence electrons. The van der Waals surface area contributed by atoms with Crippen molar-refractivity contribution < 1.29 is 13.9 Å². The van der Waals surface area contributed by atoms with Gasteiger partial charge in [0.05, 0.1) is 12.3 Å². The highest BCUT2D eigenvalue weighted by Crippen LogP contribution is 2.34. The Morgan fingerprint density at radius 2 is 2.15 bits per heavy atom. The van der Waals surface area contributed by atoms with E-state index in [1.807, 2.05) is 12.1 Å². The zero-order valence-corrected chi connectivity index (χ0v) is 14.3. The average Bonchev–Trinajstić information content (AvgIpc) is 3.08. The highest BCUT2D eigenvalue weighted by atomic mass is 19.1. The average molecular weight is 356 g/mol. The van der Waals surface area contributed by atoms with Gasteiger partial charge in [0.1, 0.15) is 11.9 Å². The summed E-state index contributed by atoms with van der Waals surface area (Å²) in [4.78, 5) is 22.7. The molecule has 1 amide bonds. The van der Waals surface area contributed by atoms with Gasteiger partial charge in [0, 0.05) is 25.5 Å². The van der Waals surface area contributed by atoms with Crippen LogP contribution in [0.15, 0.2) is 42.9 Å². The van der Waals surface area contributed by atoms with Crippen LogP contribution in [0.2, 0.25) is 0 Å². The summed E-state index contributed by atoms with van der Waals surface area (Å²) in [5.41, 5.74) is 1.08. The third-order valence-corrected chi connectivity index (χ3v) is 5.06. The monoisotopic (exact) mass is 356 g/mol. The highest BCUT2D eigenvalue weighted by Gasteiger charge is 2.41. The van der Waals surface area contributed by atoms with E-state index >= 15 is 0 Å². The van der Waals surface area contributed by atoms with E-state index in [2.05, 4.69) is 20.2 Å². The Hall–Kier alpha value is -2.38. The van der Waals surface area contributed by atoms with Crippen LogP contribution in [0.5, 0.6) is 0 Å². The summed E-state index contributed by atoms with van der Waals surface area (Å²) in [7, 11) is 0. The molecule has 2 saturated heterocycles. The summed E-state index contributed by atoms with van der Waals surface area (Å²) in [6.45, 7) is 2.51. The molecule has 2 aliphatic heterocycles. The van der Waals surface area contributed by atoms with Crippen LogP contribution in [-0.4, -0.2) is 46.1 Å². The maximum absolute atomic E-state index is 13.0. The van der Waals surface area contributed by atoms with Gasteiger partial charge in [-0.25, -0.2) is 9.37 Å². The Labute approximate surface area is 151 Å². The maximum atomic E-state index is 13.0. The summed E-state index contributed by atoms with van der Waals surface area (Å²) in [6.07, 6.45) is 5.97. The number of benzene rings is 1. The zero-order valence-electron chi connectivity index (χ0n) is 14.3.